The first-order chi connectivity index (χ1) is 11.1. The van der Waals surface area contributed by atoms with E-state index in [-0.39, 0.29) is 5.91 Å². The number of halogens is 2. The van der Waals surface area contributed by atoms with Crippen LogP contribution >= 0.6 is 23.2 Å². The number of benzene rings is 2. The monoisotopic (exact) mass is 351 g/mol. The Bertz CT molecular complexity index is 632. The Balaban J connectivity index is 1.59. The van der Waals surface area contributed by atoms with Crippen molar-refractivity contribution in [3.05, 3.63) is 64.1 Å². The summed E-state index contributed by atoms with van der Waals surface area (Å²) in [5, 5.41) is 3.94. The SMILES string of the molecule is O=C(CCCc1ccc(Cl)c(Cl)c1)NCCOc1ccccc1. The number of para-hydroxylation sites is 1. The maximum atomic E-state index is 11.8. The molecule has 2 rings (SSSR count). The molecule has 2 aromatic carbocycles. The summed E-state index contributed by atoms with van der Waals surface area (Å²) in [6.07, 6.45) is 2.04. The maximum Gasteiger partial charge on any atom is 0.220 e. The molecule has 0 heterocycles. The molecule has 0 saturated carbocycles. The molecule has 2 aromatic rings. The summed E-state index contributed by atoms with van der Waals surface area (Å²) in [5.41, 5.74) is 1.08. The van der Waals surface area contributed by atoms with Crippen molar-refractivity contribution in [3.8, 4) is 5.75 Å². The zero-order valence-electron chi connectivity index (χ0n) is 12.7. The van der Waals surface area contributed by atoms with E-state index in [9.17, 15) is 4.79 Å². The highest BCUT2D eigenvalue weighted by molar-refractivity contribution is 6.42. The molecule has 0 aliphatic rings. The largest absolute Gasteiger partial charge is 0.492 e. The topological polar surface area (TPSA) is 38.3 Å². The number of nitrogens with one attached hydrogen (secondary N) is 1. The Kier molecular flexibility index (Phi) is 7.24. The summed E-state index contributed by atoms with van der Waals surface area (Å²) < 4.78 is 5.51. The highest BCUT2D eigenvalue weighted by Gasteiger charge is 2.03. The van der Waals surface area contributed by atoms with Crippen LogP contribution in [0.3, 0.4) is 0 Å². The molecule has 0 aromatic heterocycles. The molecule has 0 fully saturated rings. The standard InChI is InChI=1S/C18H19Cl2NO2/c19-16-10-9-14(13-17(16)20)5-4-8-18(22)21-11-12-23-15-6-2-1-3-7-15/h1-3,6-7,9-10,13H,4-5,8,11-12H2,(H,21,22). The molecule has 0 aliphatic heterocycles. The van der Waals surface area contributed by atoms with E-state index >= 15 is 0 Å². The minimum Gasteiger partial charge on any atom is -0.492 e. The van der Waals surface area contributed by atoms with Crippen LogP contribution in [0.5, 0.6) is 5.75 Å². The van der Waals surface area contributed by atoms with Gasteiger partial charge in [-0.05, 0) is 42.7 Å². The number of carbonyl (C=O) groups is 1. The van der Waals surface area contributed by atoms with Gasteiger partial charge in [0.05, 0.1) is 16.6 Å². The molecule has 23 heavy (non-hydrogen) atoms. The fourth-order valence-corrected chi connectivity index (χ4v) is 2.43. The Morgan fingerprint density at radius 1 is 1.04 bits per heavy atom. The van der Waals surface area contributed by atoms with Crippen LogP contribution in [-0.4, -0.2) is 19.1 Å². The molecule has 5 heteroatoms. The van der Waals surface area contributed by atoms with Gasteiger partial charge in [0.25, 0.3) is 0 Å². The van der Waals surface area contributed by atoms with Crippen LogP contribution in [0.1, 0.15) is 18.4 Å². The lowest BCUT2D eigenvalue weighted by molar-refractivity contribution is -0.121. The van der Waals surface area contributed by atoms with Gasteiger partial charge in [0, 0.05) is 6.42 Å². The average molecular weight is 352 g/mol. The second kappa shape index (κ2) is 9.43. The lowest BCUT2D eigenvalue weighted by Crippen LogP contribution is -2.27. The van der Waals surface area contributed by atoms with Crippen molar-refractivity contribution in [2.24, 2.45) is 0 Å². The minimum absolute atomic E-state index is 0.0294. The van der Waals surface area contributed by atoms with Crippen molar-refractivity contribution in [2.45, 2.75) is 19.3 Å². The first-order valence-corrected chi connectivity index (χ1v) is 8.29. The number of hydrogen-bond donors (Lipinski definition) is 1. The molecule has 3 nitrogen and oxygen atoms in total. The first kappa shape index (κ1) is 17.6. The zero-order valence-corrected chi connectivity index (χ0v) is 14.2. The van der Waals surface area contributed by atoms with Gasteiger partial charge in [0.15, 0.2) is 0 Å². The molecule has 1 N–H and O–H groups in total. The van der Waals surface area contributed by atoms with Crippen LogP contribution in [0.4, 0.5) is 0 Å². The van der Waals surface area contributed by atoms with Crippen LogP contribution in [0.2, 0.25) is 10.0 Å². The summed E-state index contributed by atoms with van der Waals surface area (Å²) in [5.74, 6) is 0.836. The van der Waals surface area contributed by atoms with E-state index in [1.54, 1.807) is 6.07 Å². The van der Waals surface area contributed by atoms with E-state index in [2.05, 4.69) is 5.32 Å². The van der Waals surface area contributed by atoms with Gasteiger partial charge in [-0.3, -0.25) is 4.79 Å². The van der Waals surface area contributed by atoms with Gasteiger partial charge in [-0.1, -0.05) is 47.5 Å². The number of aryl methyl sites for hydroxylation is 1. The molecule has 0 atom stereocenters. The Morgan fingerprint density at radius 3 is 2.57 bits per heavy atom. The number of amides is 1. The predicted octanol–water partition coefficient (Wildman–Crippen LogP) is 4.51. The number of ether oxygens (including phenoxy) is 1. The van der Waals surface area contributed by atoms with Crippen molar-refractivity contribution in [1.29, 1.82) is 0 Å². The molecule has 0 spiro atoms. The highest BCUT2D eigenvalue weighted by Crippen LogP contribution is 2.23. The van der Waals surface area contributed by atoms with E-state index < -0.39 is 0 Å². The number of rotatable bonds is 8. The fraction of sp³-hybridized carbons (Fsp3) is 0.278. The van der Waals surface area contributed by atoms with E-state index in [1.807, 2.05) is 42.5 Å². The van der Waals surface area contributed by atoms with Crippen molar-refractivity contribution in [2.75, 3.05) is 13.2 Å². The quantitative estimate of drug-likeness (QED) is 0.710. The highest BCUT2D eigenvalue weighted by atomic mass is 35.5. The molecule has 0 saturated heterocycles. The third kappa shape index (κ3) is 6.51. The van der Waals surface area contributed by atoms with Crippen molar-refractivity contribution in [3.63, 3.8) is 0 Å². The smallest absolute Gasteiger partial charge is 0.220 e. The van der Waals surface area contributed by atoms with Crippen molar-refractivity contribution < 1.29 is 9.53 Å². The van der Waals surface area contributed by atoms with Crippen LogP contribution < -0.4 is 10.1 Å². The number of hydrogen-bond acceptors (Lipinski definition) is 2. The molecule has 122 valence electrons. The normalized spacial score (nSPS) is 10.3. The molecule has 0 radical (unpaired) electrons. The van der Waals surface area contributed by atoms with E-state index in [0.717, 1.165) is 24.2 Å². The van der Waals surface area contributed by atoms with E-state index in [1.165, 1.54) is 0 Å². The lowest BCUT2D eigenvalue weighted by atomic mass is 10.1. The second-order valence-electron chi connectivity index (χ2n) is 5.11. The van der Waals surface area contributed by atoms with Gasteiger partial charge in [-0.25, -0.2) is 0 Å². The molecular weight excluding hydrogens is 333 g/mol. The van der Waals surface area contributed by atoms with Crippen LogP contribution in [0.15, 0.2) is 48.5 Å². The Hall–Kier alpha value is -1.71. The fourth-order valence-electron chi connectivity index (χ4n) is 2.11. The summed E-state index contributed by atoms with van der Waals surface area (Å²) in [4.78, 5) is 11.8. The van der Waals surface area contributed by atoms with Gasteiger partial charge >= 0.3 is 0 Å². The maximum absolute atomic E-state index is 11.8. The summed E-state index contributed by atoms with van der Waals surface area (Å²) in [7, 11) is 0. The van der Waals surface area contributed by atoms with Gasteiger partial charge in [0.2, 0.25) is 5.91 Å². The molecule has 0 unspecified atom stereocenters. The van der Waals surface area contributed by atoms with Crippen LogP contribution in [-0.2, 0) is 11.2 Å². The van der Waals surface area contributed by atoms with E-state index in [4.69, 9.17) is 27.9 Å². The van der Waals surface area contributed by atoms with Gasteiger partial charge < -0.3 is 10.1 Å². The molecule has 1 amide bonds. The predicted molar refractivity (Wildman–Crippen MR) is 94.3 cm³/mol. The number of carbonyl (C=O) groups excluding carboxylic acids is 1. The third-order valence-corrected chi connectivity index (χ3v) is 4.03. The van der Waals surface area contributed by atoms with Gasteiger partial charge in [0.1, 0.15) is 12.4 Å². The second-order valence-corrected chi connectivity index (χ2v) is 5.93. The Morgan fingerprint density at radius 2 is 1.83 bits per heavy atom. The lowest BCUT2D eigenvalue weighted by Gasteiger charge is -2.08. The third-order valence-electron chi connectivity index (χ3n) is 3.29. The minimum atomic E-state index is 0.0294. The van der Waals surface area contributed by atoms with Crippen LogP contribution in [0.25, 0.3) is 0 Å². The van der Waals surface area contributed by atoms with Crippen molar-refractivity contribution in [1.82, 2.24) is 5.32 Å². The average Bonchev–Trinajstić information content (AvgIpc) is 2.56. The van der Waals surface area contributed by atoms with E-state index in [0.29, 0.717) is 29.6 Å². The van der Waals surface area contributed by atoms with Crippen molar-refractivity contribution >= 4 is 29.1 Å². The molecule has 0 bridgehead atoms. The zero-order chi connectivity index (χ0) is 16.5. The summed E-state index contributed by atoms with van der Waals surface area (Å²) in [6.45, 7) is 0.961. The van der Waals surface area contributed by atoms with Crippen LogP contribution in [0, 0.1) is 0 Å². The summed E-state index contributed by atoms with van der Waals surface area (Å²) in [6, 6.07) is 15.1. The van der Waals surface area contributed by atoms with Gasteiger partial charge in [-0.2, -0.15) is 0 Å². The Labute approximate surface area is 146 Å². The first-order valence-electron chi connectivity index (χ1n) is 7.53. The molecular formula is C18H19Cl2NO2. The van der Waals surface area contributed by atoms with Gasteiger partial charge in [-0.15, -0.1) is 0 Å². The molecule has 0 aliphatic carbocycles. The summed E-state index contributed by atoms with van der Waals surface area (Å²) >= 11 is 11.8.